The van der Waals surface area contributed by atoms with Crippen LogP contribution in [0.3, 0.4) is 0 Å². The summed E-state index contributed by atoms with van der Waals surface area (Å²) >= 11 is 0. The quantitative estimate of drug-likeness (QED) is 0.774. The molecule has 6 heteroatoms. The first-order valence-corrected chi connectivity index (χ1v) is 8.06. The fourth-order valence-electron chi connectivity index (χ4n) is 2.37. The zero-order valence-electron chi connectivity index (χ0n) is 14.5. The summed E-state index contributed by atoms with van der Waals surface area (Å²) in [6.07, 6.45) is 0. The summed E-state index contributed by atoms with van der Waals surface area (Å²) in [5.41, 5.74) is 2.40. The van der Waals surface area contributed by atoms with Crippen LogP contribution >= 0.6 is 0 Å². The van der Waals surface area contributed by atoms with Crippen molar-refractivity contribution in [2.75, 3.05) is 22.6 Å². The van der Waals surface area contributed by atoms with Crippen molar-refractivity contribution < 1.29 is 14.3 Å². The number of amides is 3. The van der Waals surface area contributed by atoms with E-state index in [2.05, 4.69) is 16.0 Å². The fraction of sp³-hybridized carbons (Fsp3) is 0.263. The Morgan fingerprint density at radius 1 is 1.08 bits per heavy atom. The molecule has 3 amide bonds. The van der Waals surface area contributed by atoms with Gasteiger partial charge in [-0.15, -0.1) is 0 Å². The van der Waals surface area contributed by atoms with Crippen LogP contribution in [0.15, 0.2) is 42.5 Å². The molecule has 0 spiro atoms. The minimum absolute atomic E-state index is 0.0935. The lowest BCUT2D eigenvalue weighted by atomic mass is 9.94. The zero-order valence-corrected chi connectivity index (χ0v) is 14.5. The molecule has 3 rings (SSSR count). The Hall–Kier alpha value is -3.02. The van der Waals surface area contributed by atoms with E-state index in [9.17, 15) is 9.59 Å². The average molecular weight is 339 g/mol. The Morgan fingerprint density at radius 3 is 2.44 bits per heavy atom. The average Bonchev–Trinajstić information content (AvgIpc) is 2.67. The van der Waals surface area contributed by atoms with Gasteiger partial charge in [0.05, 0.1) is 11.1 Å². The Labute approximate surface area is 146 Å². The molecule has 2 aromatic rings. The van der Waals surface area contributed by atoms with Gasteiger partial charge in [0, 0.05) is 17.4 Å². The van der Waals surface area contributed by atoms with E-state index in [0.29, 0.717) is 22.8 Å². The first-order valence-electron chi connectivity index (χ1n) is 8.06. The second-order valence-electron chi connectivity index (χ2n) is 6.78. The van der Waals surface area contributed by atoms with Crippen molar-refractivity contribution in [1.29, 1.82) is 0 Å². The van der Waals surface area contributed by atoms with Gasteiger partial charge < -0.3 is 20.7 Å². The monoisotopic (exact) mass is 339 g/mol. The number of ether oxygens (including phenoxy) is 1. The summed E-state index contributed by atoms with van der Waals surface area (Å²) in [6, 6.07) is 12.3. The predicted molar refractivity (Wildman–Crippen MR) is 98.2 cm³/mol. The molecule has 0 radical (unpaired) electrons. The number of rotatable bonds is 2. The van der Waals surface area contributed by atoms with Gasteiger partial charge in [0.2, 0.25) is 5.91 Å². The molecular weight excluding hydrogens is 318 g/mol. The van der Waals surface area contributed by atoms with E-state index >= 15 is 0 Å². The zero-order chi connectivity index (χ0) is 18.0. The molecule has 0 unspecified atom stereocenters. The van der Waals surface area contributed by atoms with Crippen molar-refractivity contribution >= 4 is 29.0 Å². The highest BCUT2D eigenvalue weighted by molar-refractivity contribution is 6.01. The molecular formula is C19H21N3O3. The Kier molecular flexibility index (Phi) is 4.35. The van der Waals surface area contributed by atoms with Crippen LogP contribution < -0.4 is 20.7 Å². The number of aryl methyl sites for hydroxylation is 1. The summed E-state index contributed by atoms with van der Waals surface area (Å²) in [5.74, 6) is 0.441. The molecule has 1 aliphatic heterocycles. The lowest BCUT2D eigenvalue weighted by Gasteiger charge is -2.18. The predicted octanol–water partition coefficient (Wildman–Crippen LogP) is 4.00. The third-order valence-electron chi connectivity index (χ3n) is 4.00. The maximum atomic E-state index is 12.1. The van der Waals surface area contributed by atoms with Crippen LogP contribution in [0.1, 0.15) is 19.4 Å². The van der Waals surface area contributed by atoms with E-state index in [1.807, 2.05) is 45.0 Å². The third kappa shape index (κ3) is 3.91. The highest BCUT2D eigenvalue weighted by atomic mass is 16.5. The number of fused-ring (bicyclic) bond motifs is 1. The van der Waals surface area contributed by atoms with Crippen LogP contribution in [-0.4, -0.2) is 18.5 Å². The molecule has 6 nitrogen and oxygen atoms in total. The van der Waals surface area contributed by atoms with E-state index in [0.717, 1.165) is 5.56 Å². The number of urea groups is 1. The summed E-state index contributed by atoms with van der Waals surface area (Å²) < 4.78 is 5.73. The van der Waals surface area contributed by atoms with Crippen molar-refractivity contribution in [3.63, 3.8) is 0 Å². The smallest absolute Gasteiger partial charge is 0.323 e. The molecule has 3 N–H and O–H groups in total. The fourth-order valence-corrected chi connectivity index (χ4v) is 2.37. The minimum Gasteiger partial charge on any atom is -0.490 e. The Bertz CT molecular complexity index is 813. The van der Waals surface area contributed by atoms with Crippen LogP contribution in [0, 0.1) is 12.3 Å². The van der Waals surface area contributed by atoms with Gasteiger partial charge in [0.15, 0.2) is 0 Å². The van der Waals surface area contributed by atoms with Crippen molar-refractivity contribution in [3.8, 4) is 5.75 Å². The van der Waals surface area contributed by atoms with Crippen molar-refractivity contribution in [3.05, 3.63) is 48.0 Å². The second-order valence-corrected chi connectivity index (χ2v) is 6.78. The van der Waals surface area contributed by atoms with Gasteiger partial charge in [-0.1, -0.05) is 17.7 Å². The molecule has 25 heavy (non-hydrogen) atoms. The molecule has 0 aliphatic carbocycles. The van der Waals surface area contributed by atoms with Gasteiger partial charge >= 0.3 is 6.03 Å². The van der Waals surface area contributed by atoms with E-state index in [1.54, 1.807) is 18.2 Å². The van der Waals surface area contributed by atoms with Crippen LogP contribution in [0.5, 0.6) is 5.75 Å². The Balaban J connectivity index is 1.70. The van der Waals surface area contributed by atoms with Gasteiger partial charge in [-0.05, 0) is 45.0 Å². The molecule has 2 aromatic carbocycles. The Morgan fingerprint density at radius 2 is 1.72 bits per heavy atom. The van der Waals surface area contributed by atoms with Gasteiger partial charge in [-0.2, -0.15) is 0 Å². The topological polar surface area (TPSA) is 79.5 Å². The largest absolute Gasteiger partial charge is 0.490 e. The summed E-state index contributed by atoms with van der Waals surface area (Å²) in [6.45, 7) is 5.90. The normalized spacial score (nSPS) is 15.2. The molecule has 0 fully saturated rings. The molecule has 130 valence electrons. The summed E-state index contributed by atoms with van der Waals surface area (Å²) in [7, 11) is 0. The minimum atomic E-state index is -0.616. The van der Waals surface area contributed by atoms with E-state index in [1.165, 1.54) is 0 Å². The number of benzene rings is 2. The van der Waals surface area contributed by atoms with Crippen molar-refractivity contribution in [2.24, 2.45) is 5.41 Å². The lowest BCUT2D eigenvalue weighted by molar-refractivity contribution is -0.124. The van der Waals surface area contributed by atoms with Crippen molar-refractivity contribution in [2.45, 2.75) is 20.8 Å². The molecule has 0 atom stereocenters. The molecule has 1 heterocycles. The molecule has 0 saturated carbocycles. The van der Waals surface area contributed by atoms with Gasteiger partial charge in [-0.3, -0.25) is 4.79 Å². The molecule has 1 aliphatic rings. The second kappa shape index (κ2) is 6.47. The highest BCUT2D eigenvalue weighted by Crippen LogP contribution is 2.34. The van der Waals surface area contributed by atoms with Crippen LogP contribution in [0.25, 0.3) is 0 Å². The molecule has 0 saturated heterocycles. The molecule has 0 aromatic heterocycles. The number of carbonyl (C=O) groups excluding carboxylic acids is 2. The standard InChI is InChI=1S/C19H21N3O3/c1-12-4-6-13(7-5-12)20-18(24)21-14-8-9-15-16(10-14)25-11-19(2,3)17(23)22-15/h4-10H,11H2,1-3H3,(H,22,23)(H2,20,21,24). The third-order valence-corrected chi connectivity index (χ3v) is 4.00. The van der Waals surface area contributed by atoms with Gasteiger partial charge in [0.25, 0.3) is 0 Å². The number of anilines is 3. The SMILES string of the molecule is Cc1ccc(NC(=O)Nc2ccc3c(c2)OCC(C)(C)C(=O)N3)cc1. The van der Waals surface area contributed by atoms with E-state index < -0.39 is 5.41 Å². The first kappa shape index (κ1) is 16.8. The van der Waals surface area contributed by atoms with E-state index in [4.69, 9.17) is 4.74 Å². The maximum Gasteiger partial charge on any atom is 0.323 e. The molecule has 0 bridgehead atoms. The van der Waals surface area contributed by atoms with Crippen LogP contribution in [0.2, 0.25) is 0 Å². The van der Waals surface area contributed by atoms with Crippen molar-refractivity contribution in [1.82, 2.24) is 0 Å². The highest BCUT2D eigenvalue weighted by Gasteiger charge is 2.32. The number of carbonyl (C=O) groups is 2. The number of hydrogen-bond donors (Lipinski definition) is 3. The number of hydrogen-bond acceptors (Lipinski definition) is 3. The lowest BCUT2D eigenvalue weighted by Crippen LogP contribution is -2.33. The van der Waals surface area contributed by atoms with Gasteiger partial charge in [0.1, 0.15) is 12.4 Å². The van der Waals surface area contributed by atoms with Crippen LogP contribution in [0.4, 0.5) is 21.9 Å². The van der Waals surface area contributed by atoms with E-state index in [-0.39, 0.29) is 18.5 Å². The maximum absolute atomic E-state index is 12.1. The first-order chi connectivity index (χ1) is 11.8. The van der Waals surface area contributed by atoms with Crippen LogP contribution in [-0.2, 0) is 4.79 Å². The number of nitrogens with one attached hydrogen (secondary N) is 3. The summed E-state index contributed by atoms with van der Waals surface area (Å²) in [4.78, 5) is 24.2. The summed E-state index contributed by atoms with van der Waals surface area (Å²) in [5, 5.41) is 8.38. The van der Waals surface area contributed by atoms with Gasteiger partial charge in [-0.25, -0.2) is 4.79 Å².